The highest BCUT2D eigenvalue weighted by Gasteiger charge is 2.43. The van der Waals surface area contributed by atoms with Gasteiger partial charge in [-0.1, -0.05) is 6.07 Å². The number of nitrogens with zero attached hydrogens (tertiary/aromatic N) is 2. The minimum atomic E-state index is -0.274. The van der Waals surface area contributed by atoms with Crippen LogP contribution in [0.15, 0.2) is 41.4 Å². The SMILES string of the molecule is O=C(CC[C@@H]1CNC(=O)[C@@H]2C[C@H](NC(=O)Nc3ccsc3)CN12)NCc1cccnc1. The molecule has 10 heteroatoms. The lowest BCUT2D eigenvalue weighted by Crippen LogP contribution is -2.58. The Kier molecular flexibility index (Phi) is 6.78. The van der Waals surface area contributed by atoms with Crippen molar-refractivity contribution in [3.63, 3.8) is 0 Å². The molecule has 31 heavy (non-hydrogen) atoms. The van der Waals surface area contributed by atoms with Gasteiger partial charge in [0.05, 0.1) is 11.7 Å². The molecule has 2 saturated heterocycles. The third-order valence-corrected chi connectivity index (χ3v) is 6.34. The Labute approximate surface area is 184 Å². The number of fused-ring (bicyclic) bond motifs is 1. The summed E-state index contributed by atoms with van der Waals surface area (Å²) in [6.07, 6.45) is 5.01. The molecule has 2 aliphatic rings. The predicted molar refractivity (Wildman–Crippen MR) is 117 cm³/mol. The maximum atomic E-state index is 12.3. The fourth-order valence-electron chi connectivity index (χ4n) is 4.13. The van der Waals surface area contributed by atoms with Gasteiger partial charge in [0.2, 0.25) is 11.8 Å². The summed E-state index contributed by atoms with van der Waals surface area (Å²) in [5, 5.41) is 15.4. The summed E-state index contributed by atoms with van der Waals surface area (Å²) < 4.78 is 0. The third kappa shape index (κ3) is 5.59. The van der Waals surface area contributed by atoms with E-state index < -0.39 is 0 Å². The van der Waals surface area contributed by atoms with E-state index in [2.05, 4.69) is 31.2 Å². The van der Waals surface area contributed by atoms with Gasteiger partial charge in [0.1, 0.15) is 0 Å². The second kappa shape index (κ2) is 9.88. The highest BCUT2D eigenvalue weighted by Crippen LogP contribution is 2.26. The Morgan fingerprint density at radius 3 is 3.00 bits per heavy atom. The van der Waals surface area contributed by atoms with Crippen LogP contribution in [0.2, 0.25) is 0 Å². The van der Waals surface area contributed by atoms with Crippen molar-refractivity contribution in [1.82, 2.24) is 25.8 Å². The van der Waals surface area contributed by atoms with Crippen LogP contribution in [-0.4, -0.2) is 58.9 Å². The van der Waals surface area contributed by atoms with Crippen LogP contribution in [0.1, 0.15) is 24.8 Å². The third-order valence-electron chi connectivity index (χ3n) is 5.65. The number of carbonyl (C=O) groups is 3. The normalized spacial score (nSPS) is 23.0. The number of aromatic nitrogens is 1. The van der Waals surface area contributed by atoms with E-state index in [1.807, 2.05) is 29.0 Å². The first kappa shape index (κ1) is 21.3. The molecule has 164 valence electrons. The van der Waals surface area contributed by atoms with E-state index in [1.165, 1.54) is 11.3 Å². The first-order chi connectivity index (χ1) is 15.1. The monoisotopic (exact) mass is 442 g/mol. The highest BCUT2D eigenvalue weighted by molar-refractivity contribution is 7.08. The smallest absolute Gasteiger partial charge is 0.319 e. The second-order valence-electron chi connectivity index (χ2n) is 7.83. The van der Waals surface area contributed by atoms with Crippen molar-refractivity contribution in [2.24, 2.45) is 0 Å². The molecule has 0 bridgehead atoms. The summed E-state index contributed by atoms with van der Waals surface area (Å²) in [6.45, 7) is 1.56. The van der Waals surface area contributed by atoms with E-state index in [1.54, 1.807) is 12.4 Å². The standard InChI is InChI=1S/C21H26N6O3S/c28-19(23-10-14-2-1-6-22-9-14)4-3-17-11-24-20(29)18-8-16(12-27(17)18)26-21(30)25-15-5-7-31-13-15/h1-2,5-7,9,13,16-18H,3-4,8,10-12H2,(H,23,28)(H,24,29)(H2,25,26,30)/t16-,17+,18-/m0/s1. The molecule has 4 N–H and O–H groups in total. The lowest BCUT2D eigenvalue weighted by atomic mass is 10.0. The van der Waals surface area contributed by atoms with Crippen molar-refractivity contribution in [2.75, 3.05) is 18.4 Å². The summed E-state index contributed by atoms with van der Waals surface area (Å²) in [5.41, 5.74) is 1.71. The number of piperazine rings is 1. The number of nitrogens with one attached hydrogen (secondary N) is 4. The lowest BCUT2D eigenvalue weighted by Gasteiger charge is -2.37. The molecule has 2 fully saturated rings. The van der Waals surface area contributed by atoms with Gasteiger partial charge in [0.25, 0.3) is 0 Å². The number of thiophene rings is 1. The summed E-state index contributed by atoms with van der Waals surface area (Å²) in [6, 6.07) is 5.00. The topological polar surface area (TPSA) is 115 Å². The average Bonchev–Trinajstić information content (AvgIpc) is 3.43. The molecule has 0 saturated carbocycles. The molecule has 2 aromatic heterocycles. The quantitative estimate of drug-likeness (QED) is 0.516. The van der Waals surface area contributed by atoms with Gasteiger partial charge in [-0.25, -0.2) is 4.79 Å². The summed E-state index contributed by atoms with van der Waals surface area (Å²) in [7, 11) is 0. The first-order valence-corrected chi connectivity index (χ1v) is 11.3. The van der Waals surface area contributed by atoms with E-state index in [0.29, 0.717) is 38.9 Å². The van der Waals surface area contributed by atoms with E-state index in [0.717, 1.165) is 11.3 Å². The van der Waals surface area contributed by atoms with Gasteiger partial charge < -0.3 is 21.3 Å². The second-order valence-corrected chi connectivity index (χ2v) is 8.61. The van der Waals surface area contributed by atoms with Crippen molar-refractivity contribution in [2.45, 2.75) is 43.9 Å². The van der Waals surface area contributed by atoms with Crippen LogP contribution in [0, 0.1) is 0 Å². The van der Waals surface area contributed by atoms with Gasteiger partial charge in [-0.05, 0) is 35.9 Å². The van der Waals surface area contributed by atoms with Crippen LogP contribution >= 0.6 is 11.3 Å². The summed E-state index contributed by atoms with van der Waals surface area (Å²) in [4.78, 5) is 43.0. The van der Waals surface area contributed by atoms with Crippen molar-refractivity contribution >= 4 is 34.9 Å². The highest BCUT2D eigenvalue weighted by atomic mass is 32.1. The molecule has 2 aliphatic heterocycles. The zero-order chi connectivity index (χ0) is 21.6. The van der Waals surface area contributed by atoms with Gasteiger partial charge in [-0.3, -0.25) is 19.5 Å². The minimum absolute atomic E-state index is 0.0141. The van der Waals surface area contributed by atoms with E-state index >= 15 is 0 Å². The molecule has 2 aromatic rings. The van der Waals surface area contributed by atoms with Gasteiger partial charge in [0, 0.05) is 55.9 Å². The largest absolute Gasteiger partial charge is 0.353 e. The molecule has 0 aliphatic carbocycles. The van der Waals surface area contributed by atoms with Gasteiger partial charge in [-0.2, -0.15) is 11.3 Å². The Bertz CT molecular complexity index is 907. The molecule has 4 rings (SSSR count). The molecule has 3 atom stereocenters. The Morgan fingerprint density at radius 2 is 2.23 bits per heavy atom. The van der Waals surface area contributed by atoms with Crippen LogP contribution in [0.25, 0.3) is 0 Å². The van der Waals surface area contributed by atoms with E-state index in [9.17, 15) is 14.4 Å². The predicted octanol–water partition coefficient (Wildman–Crippen LogP) is 1.30. The maximum Gasteiger partial charge on any atom is 0.319 e. The van der Waals surface area contributed by atoms with Crippen LogP contribution in [0.4, 0.5) is 10.5 Å². The van der Waals surface area contributed by atoms with Crippen LogP contribution in [0.5, 0.6) is 0 Å². The van der Waals surface area contributed by atoms with Crippen LogP contribution in [0.3, 0.4) is 0 Å². The number of carbonyl (C=O) groups excluding carboxylic acids is 3. The first-order valence-electron chi connectivity index (χ1n) is 10.4. The zero-order valence-corrected chi connectivity index (χ0v) is 17.9. The van der Waals surface area contributed by atoms with Crippen LogP contribution in [-0.2, 0) is 16.1 Å². The number of urea groups is 1. The van der Waals surface area contributed by atoms with E-state index in [-0.39, 0.29) is 36.0 Å². The zero-order valence-electron chi connectivity index (χ0n) is 17.0. The molecule has 4 heterocycles. The number of amides is 4. The van der Waals surface area contributed by atoms with E-state index in [4.69, 9.17) is 0 Å². The van der Waals surface area contributed by atoms with Gasteiger partial charge >= 0.3 is 6.03 Å². The maximum absolute atomic E-state index is 12.3. The Hall–Kier alpha value is -2.98. The molecule has 0 radical (unpaired) electrons. The number of rotatable bonds is 7. The number of pyridine rings is 1. The minimum Gasteiger partial charge on any atom is -0.353 e. The fourth-order valence-corrected chi connectivity index (χ4v) is 4.71. The average molecular weight is 443 g/mol. The Morgan fingerprint density at radius 1 is 1.32 bits per heavy atom. The van der Waals surface area contributed by atoms with Crippen molar-refractivity contribution in [3.8, 4) is 0 Å². The number of hydrogen-bond donors (Lipinski definition) is 4. The van der Waals surface area contributed by atoms with Crippen molar-refractivity contribution in [3.05, 3.63) is 46.9 Å². The number of anilines is 1. The van der Waals surface area contributed by atoms with Gasteiger partial charge in [-0.15, -0.1) is 0 Å². The van der Waals surface area contributed by atoms with Gasteiger partial charge in [0.15, 0.2) is 0 Å². The molecular formula is C21H26N6O3S. The molecule has 0 unspecified atom stereocenters. The van der Waals surface area contributed by atoms with Crippen LogP contribution < -0.4 is 21.3 Å². The number of hydrogen-bond acceptors (Lipinski definition) is 6. The molecule has 0 spiro atoms. The molecular weight excluding hydrogens is 416 g/mol. The lowest BCUT2D eigenvalue weighted by molar-refractivity contribution is -0.129. The molecule has 9 nitrogen and oxygen atoms in total. The molecule has 0 aromatic carbocycles. The Balaban J connectivity index is 1.26. The summed E-state index contributed by atoms with van der Waals surface area (Å²) in [5.74, 6) is -0.0406. The van der Waals surface area contributed by atoms with Crippen molar-refractivity contribution < 1.29 is 14.4 Å². The molecule has 4 amide bonds. The summed E-state index contributed by atoms with van der Waals surface area (Å²) >= 11 is 1.51. The van der Waals surface area contributed by atoms with Crippen molar-refractivity contribution in [1.29, 1.82) is 0 Å². The fraction of sp³-hybridized carbons (Fsp3) is 0.429.